The van der Waals surface area contributed by atoms with Crippen molar-refractivity contribution in [1.82, 2.24) is 10.2 Å². The predicted molar refractivity (Wildman–Crippen MR) is 73.5 cm³/mol. The Kier molecular flexibility index (Phi) is 6.45. The number of rotatable bonds is 7. The third-order valence-corrected chi connectivity index (χ3v) is 4.05. The highest BCUT2D eigenvalue weighted by Gasteiger charge is 2.22. The Morgan fingerprint density at radius 2 is 1.94 bits per heavy atom. The molecule has 3 heteroatoms. The van der Waals surface area contributed by atoms with Crippen molar-refractivity contribution in [2.75, 3.05) is 33.3 Å². The zero-order valence-electron chi connectivity index (χ0n) is 12.1. The summed E-state index contributed by atoms with van der Waals surface area (Å²) in [6.45, 7) is 11.3. The van der Waals surface area contributed by atoms with Gasteiger partial charge in [0.25, 0.3) is 0 Å². The van der Waals surface area contributed by atoms with E-state index < -0.39 is 0 Å². The van der Waals surface area contributed by atoms with Crippen LogP contribution in [0, 0.1) is 0 Å². The Hall–Kier alpha value is -0.120. The molecule has 1 N–H and O–H groups in total. The van der Waals surface area contributed by atoms with Crippen molar-refractivity contribution < 1.29 is 4.74 Å². The highest BCUT2D eigenvalue weighted by atomic mass is 16.5. The van der Waals surface area contributed by atoms with Crippen molar-refractivity contribution in [3.8, 4) is 0 Å². The smallest absolute Gasteiger partial charge is 0.0772 e. The summed E-state index contributed by atoms with van der Waals surface area (Å²) in [5.74, 6) is 0. The minimum atomic E-state index is -0.0177. The summed E-state index contributed by atoms with van der Waals surface area (Å²) in [5, 5.41) is 3.61. The van der Waals surface area contributed by atoms with Crippen LogP contribution in [-0.2, 0) is 4.74 Å². The number of likely N-dealkylation sites (tertiary alicyclic amines) is 1. The van der Waals surface area contributed by atoms with Crippen LogP contribution in [0.15, 0.2) is 0 Å². The fraction of sp³-hybridized carbons (Fsp3) is 1.00. The van der Waals surface area contributed by atoms with Crippen molar-refractivity contribution in [2.24, 2.45) is 0 Å². The summed E-state index contributed by atoms with van der Waals surface area (Å²) < 4.78 is 5.55. The van der Waals surface area contributed by atoms with Gasteiger partial charge in [-0.2, -0.15) is 0 Å². The quantitative estimate of drug-likeness (QED) is 0.741. The van der Waals surface area contributed by atoms with Gasteiger partial charge in [-0.25, -0.2) is 0 Å². The zero-order valence-corrected chi connectivity index (χ0v) is 12.1. The average Bonchev–Trinajstić information content (AvgIpc) is 2.37. The van der Waals surface area contributed by atoms with Gasteiger partial charge in [0.2, 0.25) is 0 Å². The molecule has 1 fully saturated rings. The van der Waals surface area contributed by atoms with Gasteiger partial charge in [-0.3, -0.25) is 0 Å². The highest BCUT2D eigenvalue weighted by molar-refractivity contribution is 4.79. The number of methoxy groups -OCH3 is 1. The largest absolute Gasteiger partial charge is 0.377 e. The molecule has 0 saturated carbocycles. The Morgan fingerprint density at radius 3 is 2.47 bits per heavy atom. The molecule has 3 nitrogen and oxygen atoms in total. The third-order valence-electron chi connectivity index (χ3n) is 4.05. The fourth-order valence-corrected chi connectivity index (χ4v) is 2.33. The van der Waals surface area contributed by atoms with Gasteiger partial charge in [0.1, 0.15) is 0 Å². The molecule has 0 aliphatic carbocycles. The van der Waals surface area contributed by atoms with Crippen LogP contribution < -0.4 is 5.32 Å². The molecule has 1 rings (SSSR count). The number of hydrogen-bond acceptors (Lipinski definition) is 3. The standard InChI is InChI=1S/C14H30N2O/c1-5-14(3,17-4)12-15-13(2)11-16-9-7-6-8-10-16/h13,15H,5-12H2,1-4H3. The number of piperidine rings is 1. The summed E-state index contributed by atoms with van der Waals surface area (Å²) in [4.78, 5) is 2.58. The Morgan fingerprint density at radius 1 is 1.29 bits per heavy atom. The first kappa shape index (κ1) is 14.9. The van der Waals surface area contributed by atoms with Crippen LogP contribution in [0.5, 0.6) is 0 Å². The third kappa shape index (κ3) is 5.36. The molecule has 0 aromatic carbocycles. The van der Waals surface area contributed by atoms with E-state index in [2.05, 4.69) is 31.0 Å². The van der Waals surface area contributed by atoms with Gasteiger partial charge in [-0.1, -0.05) is 13.3 Å². The van der Waals surface area contributed by atoms with E-state index in [1.807, 2.05) is 0 Å². The van der Waals surface area contributed by atoms with E-state index in [1.165, 1.54) is 38.9 Å². The normalized spacial score (nSPS) is 23.3. The summed E-state index contributed by atoms with van der Waals surface area (Å²) in [6.07, 6.45) is 5.21. The van der Waals surface area contributed by atoms with Crippen molar-refractivity contribution in [3.05, 3.63) is 0 Å². The molecule has 17 heavy (non-hydrogen) atoms. The van der Waals surface area contributed by atoms with Crippen LogP contribution in [0.3, 0.4) is 0 Å². The van der Waals surface area contributed by atoms with Gasteiger partial charge in [0.05, 0.1) is 5.60 Å². The maximum absolute atomic E-state index is 5.55. The van der Waals surface area contributed by atoms with Crippen molar-refractivity contribution >= 4 is 0 Å². The van der Waals surface area contributed by atoms with Gasteiger partial charge >= 0.3 is 0 Å². The Labute approximate surface area is 107 Å². The monoisotopic (exact) mass is 242 g/mol. The van der Waals surface area contributed by atoms with Crippen molar-refractivity contribution in [3.63, 3.8) is 0 Å². The number of nitrogens with one attached hydrogen (secondary N) is 1. The number of hydrogen-bond donors (Lipinski definition) is 1. The molecule has 2 unspecified atom stereocenters. The zero-order chi connectivity index (χ0) is 12.7. The molecule has 1 saturated heterocycles. The molecule has 0 amide bonds. The van der Waals surface area contributed by atoms with E-state index in [0.29, 0.717) is 6.04 Å². The summed E-state index contributed by atoms with van der Waals surface area (Å²) in [7, 11) is 1.81. The highest BCUT2D eigenvalue weighted by Crippen LogP contribution is 2.13. The van der Waals surface area contributed by atoms with Gasteiger partial charge in [-0.05, 0) is 46.2 Å². The Balaban J connectivity index is 2.21. The molecule has 102 valence electrons. The maximum atomic E-state index is 5.55. The summed E-state index contributed by atoms with van der Waals surface area (Å²) in [6, 6.07) is 0.550. The molecule has 1 aliphatic rings. The van der Waals surface area contributed by atoms with Crippen molar-refractivity contribution in [1.29, 1.82) is 0 Å². The van der Waals surface area contributed by atoms with Crippen LogP contribution in [0.25, 0.3) is 0 Å². The predicted octanol–water partition coefficient (Wildman–Crippen LogP) is 2.27. The van der Waals surface area contributed by atoms with Crippen LogP contribution in [0.2, 0.25) is 0 Å². The molecule has 2 atom stereocenters. The van der Waals surface area contributed by atoms with Crippen LogP contribution >= 0.6 is 0 Å². The van der Waals surface area contributed by atoms with Crippen LogP contribution in [0.1, 0.15) is 46.5 Å². The van der Waals surface area contributed by atoms with E-state index in [9.17, 15) is 0 Å². The van der Waals surface area contributed by atoms with Crippen LogP contribution in [-0.4, -0.2) is 49.8 Å². The molecule has 1 heterocycles. The van der Waals surface area contributed by atoms with E-state index in [1.54, 1.807) is 7.11 Å². The molecule has 0 bridgehead atoms. The molecule has 1 aliphatic heterocycles. The summed E-state index contributed by atoms with van der Waals surface area (Å²) in [5.41, 5.74) is -0.0177. The molecular formula is C14H30N2O. The van der Waals surface area contributed by atoms with E-state index >= 15 is 0 Å². The second kappa shape index (κ2) is 7.34. The first-order chi connectivity index (χ1) is 8.09. The fourth-order valence-electron chi connectivity index (χ4n) is 2.33. The van der Waals surface area contributed by atoms with E-state index in [-0.39, 0.29) is 5.60 Å². The molecule has 0 aromatic rings. The summed E-state index contributed by atoms with van der Waals surface area (Å²) >= 11 is 0. The minimum Gasteiger partial charge on any atom is -0.377 e. The van der Waals surface area contributed by atoms with E-state index in [4.69, 9.17) is 4.74 Å². The topological polar surface area (TPSA) is 24.5 Å². The average molecular weight is 242 g/mol. The lowest BCUT2D eigenvalue weighted by atomic mass is 10.0. The number of ether oxygens (including phenoxy) is 1. The maximum Gasteiger partial charge on any atom is 0.0772 e. The molecule has 0 radical (unpaired) electrons. The minimum absolute atomic E-state index is 0.0177. The lowest BCUT2D eigenvalue weighted by Gasteiger charge is -2.32. The van der Waals surface area contributed by atoms with Gasteiger partial charge in [0.15, 0.2) is 0 Å². The van der Waals surface area contributed by atoms with Gasteiger partial charge in [0, 0.05) is 26.2 Å². The van der Waals surface area contributed by atoms with E-state index in [0.717, 1.165) is 13.0 Å². The molecule has 0 aromatic heterocycles. The SMILES string of the molecule is CCC(C)(CNC(C)CN1CCCCC1)OC. The molecular weight excluding hydrogens is 212 g/mol. The second-order valence-electron chi connectivity index (χ2n) is 5.65. The number of nitrogens with zero attached hydrogens (tertiary/aromatic N) is 1. The second-order valence-corrected chi connectivity index (χ2v) is 5.65. The van der Waals surface area contributed by atoms with Crippen molar-refractivity contribution in [2.45, 2.75) is 58.1 Å². The Bertz CT molecular complexity index is 198. The lowest BCUT2D eigenvalue weighted by Crippen LogP contribution is -2.47. The molecule has 0 spiro atoms. The van der Waals surface area contributed by atoms with Gasteiger partial charge in [-0.15, -0.1) is 0 Å². The lowest BCUT2D eigenvalue weighted by molar-refractivity contribution is 0.00110. The first-order valence-corrected chi connectivity index (χ1v) is 7.10. The first-order valence-electron chi connectivity index (χ1n) is 7.10. The van der Waals surface area contributed by atoms with Gasteiger partial charge < -0.3 is 15.0 Å². The van der Waals surface area contributed by atoms with Crippen LogP contribution in [0.4, 0.5) is 0 Å².